The van der Waals surface area contributed by atoms with Gasteiger partial charge >= 0.3 is 0 Å². The molecule has 0 aliphatic heterocycles. The van der Waals surface area contributed by atoms with Gasteiger partial charge in [-0.25, -0.2) is 0 Å². The van der Waals surface area contributed by atoms with Crippen LogP contribution in [0.5, 0.6) is 0 Å². The Balaban J connectivity index is 1.66. The first-order valence-electron chi connectivity index (χ1n) is 10.7. The summed E-state index contributed by atoms with van der Waals surface area (Å²) >= 11 is 0. The molecule has 0 bridgehead atoms. The van der Waals surface area contributed by atoms with Gasteiger partial charge in [-0.3, -0.25) is 0 Å². The second-order valence-electron chi connectivity index (χ2n) is 10.2. The van der Waals surface area contributed by atoms with Gasteiger partial charge in [0.15, 0.2) is 0 Å². The third-order valence-corrected chi connectivity index (χ3v) is 9.28. The van der Waals surface area contributed by atoms with Crippen LogP contribution in [0.4, 0.5) is 0 Å². The van der Waals surface area contributed by atoms with Crippen molar-refractivity contribution in [3.05, 3.63) is 11.6 Å². The molecule has 0 aromatic carbocycles. The Morgan fingerprint density at radius 2 is 1.87 bits per heavy atom. The molecule has 3 saturated carbocycles. The lowest BCUT2D eigenvalue weighted by atomic mass is 9.43. The number of allylic oxidation sites excluding steroid dienone is 2. The second kappa shape index (κ2) is 5.63. The van der Waals surface area contributed by atoms with E-state index in [9.17, 15) is 0 Å². The van der Waals surface area contributed by atoms with Gasteiger partial charge in [0.25, 0.3) is 0 Å². The van der Waals surface area contributed by atoms with E-state index in [1.165, 1.54) is 64.2 Å². The lowest BCUT2D eigenvalue weighted by molar-refractivity contribution is -0.0950. The molecular weight excluding hydrogens is 276 g/mol. The highest BCUT2D eigenvalue weighted by Crippen LogP contribution is 2.65. The van der Waals surface area contributed by atoms with E-state index in [1.54, 1.807) is 0 Å². The van der Waals surface area contributed by atoms with E-state index in [-0.39, 0.29) is 0 Å². The molecular formula is C23H38. The summed E-state index contributed by atoms with van der Waals surface area (Å²) in [5.41, 5.74) is 3.09. The topological polar surface area (TPSA) is 0 Å². The zero-order valence-corrected chi connectivity index (χ0v) is 16.0. The minimum Gasteiger partial charge on any atom is -0.0845 e. The van der Waals surface area contributed by atoms with Crippen LogP contribution in [0.1, 0.15) is 91.9 Å². The van der Waals surface area contributed by atoms with Crippen molar-refractivity contribution in [1.82, 2.24) is 0 Å². The first-order chi connectivity index (χ1) is 11.0. The second-order valence-corrected chi connectivity index (χ2v) is 10.2. The molecule has 23 heavy (non-hydrogen) atoms. The lowest BCUT2D eigenvalue weighted by Gasteiger charge is -2.62. The molecule has 4 rings (SSSR count). The molecule has 4 aliphatic rings. The summed E-state index contributed by atoms with van der Waals surface area (Å²) in [7, 11) is 0. The van der Waals surface area contributed by atoms with Crippen molar-refractivity contribution in [1.29, 1.82) is 0 Å². The molecule has 0 amide bonds. The van der Waals surface area contributed by atoms with Crippen LogP contribution < -0.4 is 0 Å². The van der Waals surface area contributed by atoms with E-state index in [1.807, 2.05) is 5.57 Å². The van der Waals surface area contributed by atoms with E-state index in [0.29, 0.717) is 10.8 Å². The summed E-state index contributed by atoms with van der Waals surface area (Å²) in [6.45, 7) is 10.3. The number of fused-ring (bicyclic) bond motifs is 5. The van der Waals surface area contributed by atoms with Gasteiger partial charge in [0.1, 0.15) is 0 Å². The SMILES string of the molecule is CCC1CCCC2C3CC=C4CC(C)CCC4(C)C3CCC12C. The monoisotopic (exact) mass is 314 g/mol. The molecule has 0 aromatic rings. The van der Waals surface area contributed by atoms with Crippen LogP contribution in [0.25, 0.3) is 0 Å². The molecule has 4 aliphatic carbocycles. The summed E-state index contributed by atoms with van der Waals surface area (Å²) in [5.74, 6) is 4.97. The van der Waals surface area contributed by atoms with E-state index >= 15 is 0 Å². The molecule has 7 unspecified atom stereocenters. The molecule has 3 fully saturated rings. The predicted octanol–water partition coefficient (Wildman–Crippen LogP) is 7.00. The van der Waals surface area contributed by atoms with Crippen molar-refractivity contribution in [2.24, 2.45) is 40.4 Å². The zero-order chi connectivity index (χ0) is 16.2. The minimum absolute atomic E-state index is 0.565. The Morgan fingerprint density at radius 1 is 1.04 bits per heavy atom. The number of rotatable bonds is 1. The van der Waals surface area contributed by atoms with Gasteiger partial charge in [-0.2, -0.15) is 0 Å². The fourth-order valence-corrected chi connectivity index (χ4v) is 7.83. The summed E-state index contributed by atoms with van der Waals surface area (Å²) in [6, 6.07) is 0. The molecule has 0 nitrogen and oxygen atoms in total. The van der Waals surface area contributed by atoms with Crippen molar-refractivity contribution < 1.29 is 0 Å². The standard InChI is InChI=1S/C23H38/c1-5-17-7-6-8-20-19-10-9-18-15-16(2)11-13-23(18,4)21(19)12-14-22(17,20)3/h9,16-17,19-21H,5-8,10-15H2,1-4H3. The van der Waals surface area contributed by atoms with E-state index in [2.05, 4.69) is 33.8 Å². The Bertz CT molecular complexity index is 488. The predicted molar refractivity (Wildman–Crippen MR) is 99.3 cm³/mol. The van der Waals surface area contributed by atoms with Crippen LogP contribution in [0.15, 0.2) is 11.6 Å². The number of hydrogen-bond acceptors (Lipinski definition) is 0. The Labute approximate surface area is 144 Å². The highest BCUT2D eigenvalue weighted by atomic mass is 14.6. The third-order valence-electron chi connectivity index (χ3n) is 9.28. The summed E-state index contributed by atoms with van der Waals surface area (Å²) in [4.78, 5) is 0. The molecule has 0 heterocycles. The van der Waals surface area contributed by atoms with Gasteiger partial charge in [-0.05, 0) is 91.8 Å². The lowest BCUT2D eigenvalue weighted by Crippen LogP contribution is -2.53. The number of hydrogen-bond donors (Lipinski definition) is 0. The van der Waals surface area contributed by atoms with Crippen molar-refractivity contribution in [3.8, 4) is 0 Å². The van der Waals surface area contributed by atoms with Crippen molar-refractivity contribution in [2.45, 2.75) is 91.9 Å². The van der Waals surface area contributed by atoms with Crippen molar-refractivity contribution >= 4 is 0 Å². The molecule has 0 N–H and O–H groups in total. The molecule has 0 heteroatoms. The van der Waals surface area contributed by atoms with Crippen LogP contribution in [0.3, 0.4) is 0 Å². The van der Waals surface area contributed by atoms with E-state index in [4.69, 9.17) is 0 Å². The van der Waals surface area contributed by atoms with E-state index in [0.717, 1.165) is 29.6 Å². The molecule has 0 spiro atoms. The first kappa shape index (κ1) is 16.2. The maximum atomic E-state index is 2.73. The van der Waals surface area contributed by atoms with Crippen LogP contribution in [0.2, 0.25) is 0 Å². The van der Waals surface area contributed by atoms with Crippen LogP contribution in [-0.4, -0.2) is 0 Å². The van der Waals surface area contributed by atoms with Gasteiger partial charge in [0.2, 0.25) is 0 Å². The Hall–Kier alpha value is -0.260. The van der Waals surface area contributed by atoms with Gasteiger partial charge in [-0.15, -0.1) is 0 Å². The fraction of sp³-hybridized carbons (Fsp3) is 0.913. The maximum Gasteiger partial charge on any atom is -0.00851 e. The summed E-state index contributed by atoms with van der Waals surface area (Å²) < 4.78 is 0. The third kappa shape index (κ3) is 2.30. The average molecular weight is 315 g/mol. The van der Waals surface area contributed by atoms with Crippen molar-refractivity contribution in [2.75, 3.05) is 0 Å². The van der Waals surface area contributed by atoms with Crippen LogP contribution in [-0.2, 0) is 0 Å². The maximum absolute atomic E-state index is 2.73. The molecule has 0 saturated heterocycles. The average Bonchev–Trinajstić information content (AvgIpc) is 2.54. The van der Waals surface area contributed by atoms with E-state index < -0.39 is 0 Å². The highest BCUT2D eigenvalue weighted by molar-refractivity contribution is 5.24. The highest BCUT2D eigenvalue weighted by Gasteiger charge is 2.56. The van der Waals surface area contributed by atoms with Gasteiger partial charge in [0, 0.05) is 0 Å². The molecule has 0 radical (unpaired) electrons. The van der Waals surface area contributed by atoms with Crippen LogP contribution in [0, 0.1) is 40.4 Å². The van der Waals surface area contributed by atoms with Gasteiger partial charge < -0.3 is 0 Å². The Kier molecular flexibility index (Phi) is 3.97. The first-order valence-corrected chi connectivity index (χ1v) is 10.7. The zero-order valence-electron chi connectivity index (χ0n) is 16.0. The van der Waals surface area contributed by atoms with Gasteiger partial charge in [-0.1, -0.05) is 52.2 Å². The smallest absolute Gasteiger partial charge is 0.00851 e. The Morgan fingerprint density at radius 3 is 2.65 bits per heavy atom. The molecule has 7 atom stereocenters. The summed E-state index contributed by atoms with van der Waals surface area (Å²) in [5, 5.41) is 0. The normalized spacial score (nSPS) is 52.9. The largest absolute Gasteiger partial charge is 0.0845 e. The van der Waals surface area contributed by atoms with Crippen LogP contribution >= 0.6 is 0 Å². The quantitative estimate of drug-likeness (QED) is 0.457. The van der Waals surface area contributed by atoms with Crippen molar-refractivity contribution in [3.63, 3.8) is 0 Å². The summed E-state index contributed by atoms with van der Waals surface area (Å²) in [6.07, 6.45) is 17.5. The van der Waals surface area contributed by atoms with Gasteiger partial charge in [0.05, 0.1) is 0 Å². The minimum atomic E-state index is 0.565. The molecule has 130 valence electrons. The molecule has 0 aromatic heterocycles. The fourth-order valence-electron chi connectivity index (χ4n) is 7.83.